The number of hydrogen-bond donors (Lipinski definition) is 1. The summed E-state index contributed by atoms with van der Waals surface area (Å²) in [5, 5.41) is 2.63. The van der Waals surface area contributed by atoms with Crippen molar-refractivity contribution in [1.82, 2.24) is 9.55 Å². The predicted molar refractivity (Wildman–Crippen MR) is 90.3 cm³/mol. The number of pyridine rings is 1. The number of carbonyl (C=O) groups is 1. The Labute approximate surface area is 148 Å². The molecular formula is C17H11BrF3N3O. The van der Waals surface area contributed by atoms with Crippen LogP contribution in [0.2, 0.25) is 0 Å². The van der Waals surface area contributed by atoms with Crippen molar-refractivity contribution in [3.63, 3.8) is 0 Å². The van der Waals surface area contributed by atoms with E-state index in [9.17, 15) is 18.0 Å². The minimum atomic E-state index is -1.56. The largest absolute Gasteiger partial charge is 0.371 e. The fourth-order valence-electron chi connectivity index (χ4n) is 3.16. The van der Waals surface area contributed by atoms with Crippen molar-refractivity contribution in [2.75, 3.05) is 11.9 Å². The van der Waals surface area contributed by atoms with E-state index in [4.69, 9.17) is 0 Å². The van der Waals surface area contributed by atoms with E-state index in [1.807, 2.05) is 0 Å². The van der Waals surface area contributed by atoms with Crippen LogP contribution in [0.5, 0.6) is 0 Å². The molecule has 8 heteroatoms. The summed E-state index contributed by atoms with van der Waals surface area (Å²) in [4.78, 5) is 16.0. The molecule has 1 N–H and O–H groups in total. The van der Waals surface area contributed by atoms with Crippen LogP contribution in [0.25, 0.3) is 10.9 Å². The van der Waals surface area contributed by atoms with Crippen LogP contribution in [-0.2, 0) is 6.54 Å². The van der Waals surface area contributed by atoms with E-state index in [1.54, 1.807) is 24.3 Å². The minimum absolute atomic E-state index is 0.0743. The van der Waals surface area contributed by atoms with E-state index in [1.165, 1.54) is 4.57 Å². The normalized spacial score (nSPS) is 13.6. The molecule has 0 bridgehead atoms. The number of hydrogen-bond acceptors (Lipinski definition) is 3. The molecule has 0 fully saturated rings. The number of anilines is 1. The molecule has 3 aromatic rings. The van der Waals surface area contributed by atoms with E-state index >= 15 is 0 Å². The highest BCUT2D eigenvalue weighted by Gasteiger charge is 2.31. The van der Waals surface area contributed by atoms with Gasteiger partial charge in [0.25, 0.3) is 5.95 Å². The van der Waals surface area contributed by atoms with E-state index in [0.717, 1.165) is 4.47 Å². The Bertz CT molecular complexity index is 1010. The van der Waals surface area contributed by atoms with Crippen LogP contribution in [0.4, 0.5) is 19.0 Å². The summed E-state index contributed by atoms with van der Waals surface area (Å²) in [7, 11) is 0. The molecule has 0 saturated heterocycles. The highest BCUT2D eigenvalue weighted by atomic mass is 79.9. The van der Waals surface area contributed by atoms with Gasteiger partial charge in [-0.1, -0.05) is 15.9 Å². The quantitative estimate of drug-likeness (QED) is 0.507. The molecule has 3 heterocycles. The maximum Gasteiger partial charge on any atom is 0.252 e. The summed E-state index contributed by atoms with van der Waals surface area (Å²) in [6.07, 6.45) is 0.668. The summed E-state index contributed by atoms with van der Waals surface area (Å²) < 4.78 is 44.7. The van der Waals surface area contributed by atoms with Gasteiger partial charge >= 0.3 is 0 Å². The Morgan fingerprint density at radius 2 is 1.88 bits per heavy atom. The Kier molecular flexibility index (Phi) is 3.79. The average molecular weight is 410 g/mol. The van der Waals surface area contributed by atoms with Crippen LogP contribution in [-0.4, -0.2) is 21.9 Å². The topological polar surface area (TPSA) is 46.9 Å². The molecule has 0 atom stereocenters. The molecule has 1 aromatic carbocycles. The molecule has 0 unspecified atom stereocenters. The van der Waals surface area contributed by atoms with Crippen molar-refractivity contribution in [2.45, 2.75) is 13.0 Å². The molecule has 0 aliphatic carbocycles. The maximum absolute atomic E-state index is 14.5. The monoisotopic (exact) mass is 409 g/mol. The number of benzene rings is 1. The number of halogens is 4. The van der Waals surface area contributed by atoms with Crippen molar-refractivity contribution in [2.24, 2.45) is 0 Å². The average Bonchev–Trinajstić information content (AvgIpc) is 2.95. The van der Waals surface area contributed by atoms with Gasteiger partial charge in [0.15, 0.2) is 11.6 Å². The first-order valence-corrected chi connectivity index (χ1v) is 8.39. The first-order valence-electron chi connectivity index (χ1n) is 7.60. The van der Waals surface area contributed by atoms with Gasteiger partial charge in [0.1, 0.15) is 11.3 Å². The lowest BCUT2D eigenvalue weighted by Gasteiger charge is -2.19. The van der Waals surface area contributed by atoms with E-state index in [2.05, 4.69) is 26.2 Å². The zero-order valence-electron chi connectivity index (χ0n) is 12.7. The molecular weight excluding hydrogens is 399 g/mol. The molecule has 1 aliphatic rings. The van der Waals surface area contributed by atoms with Gasteiger partial charge in [0, 0.05) is 23.1 Å². The van der Waals surface area contributed by atoms with E-state index < -0.39 is 23.5 Å². The molecule has 4 nitrogen and oxygen atoms in total. The van der Waals surface area contributed by atoms with Gasteiger partial charge in [-0.15, -0.1) is 0 Å². The number of aromatic nitrogens is 2. The highest BCUT2D eigenvalue weighted by molar-refractivity contribution is 9.10. The number of carbonyl (C=O) groups excluding carboxylic acids is 1. The smallest absolute Gasteiger partial charge is 0.252 e. The zero-order valence-corrected chi connectivity index (χ0v) is 14.3. The number of aryl methyl sites for hydroxylation is 1. The fourth-order valence-corrected chi connectivity index (χ4v) is 3.42. The fraction of sp³-hybridized carbons (Fsp3) is 0.176. The van der Waals surface area contributed by atoms with Crippen molar-refractivity contribution >= 4 is 38.4 Å². The SMILES string of the molecule is O=C(c1ccc(Br)cc1)c1c2n(c3c(F)nc(F)c(F)c13)CCCN2. The molecule has 4 rings (SSSR count). The van der Waals surface area contributed by atoms with Crippen LogP contribution in [0.3, 0.4) is 0 Å². The number of rotatable bonds is 2. The maximum atomic E-state index is 14.5. The van der Waals surface area contributed by atoms with Crippen LogP contribution in [0, 0.1) is 17.7 Å². The van der Waals surface area contributed by atoms with Gasteiger partial charge in [-0.25, -0.2) is 4.39 Å². The third kappa shape index (κ3) is 2.43. The second-order valence-electron chi connectivity index (χ2n) is 5.72. The van der Waals surface area contributed by atoms with Crippen LogP contribution >= 0.6 is 15.9 Å². The molecule has 0 saturated carbocycles. The lowest BCUT2D eigenvalue weighted by molar-refractivity contribution is 0.104. The second kappa shape index (κ2) is 5.87. The van der Waals surface area contributed by atoms with Crippen LogP contribution in [0.1, 0.15) is 22.3 Å². The Balaban J connectivity index is 2.06. The lowest BCUT2D eigenvalue weighted by Crippen LogP contribution is -2.19. The standard InChI is InChI=1S/C17H11BrF3N3O/c18-9-4-2-8(3-5-9)14(25)11-10-12(19)15(20)23-16(21)13(10)24-7-1-6-22-17(11)24/h2-5,22H,1,6-7H2. The summed E-state index contributed by atoms with van der Waals surface area (Å²) in [5.74, 6) is -4.23. The zero-order chi connectivity index (χ0) is 17.7. The van der Waals surface area contributed by atoms with Crippen molar-refractivity contribution in [3.05, 3.63) is 57.6 Å². The van der Waals surface area contributed by atoms with Gasteiger partial charge in [0.2, 0.25) is 5.95 Å². The van der Waals surface area contributed by atoms with Gasteiger partial charge in [0.05, 0.1) is 10.9 Å². The number of fused-ring (bicyclic) bond motifs is 3. The molecule has 0 amide bonds. The number of ketones is 1. The van der Waals surface area contributed by atoms with Gasteiger partial charge < -0.3 is 9.88 Å². The summed E-state index contributed by atoms with van der Waals surface area (Å²) in [6, 6.07) is 6.48. The van der Waals surface area contributed by atoms with Crippen molar-refractivity contribution in [1.29, 1.82) is 0 Å². The number of nitrogens with zero attached hydrogens (tertiary/aromatic N) is 2. The Morgan fingerprint density at radius 1 is 1.16 bits per heavy atom. The third-order valence-corrected chi connectivity index (χ3v) is 4.77. The van der Waals surface area contributed by atoms with Gasteiger partial charge in [-0.3, -0.25) is 4.79 Å². The van der Waals surface area contributed by atoms with Crippen molar-refractivity contribution in [3.8, 4) is 0 Å². The van der Waals surface area contributed by atoms with Crippen LogP contribution in [0.15, 0.2) is 28.7 Å². The first-order chi connectivity index (χ1) is 12.0. The van der Waals surface area contributed by atoms with E-state index in [-0.39, 0.29) is 16.5 Å². The molecule has 0 radical (unpaired) electrons. The van der Waals surface area contributed by atoms with Gasteiger partial charge in [-0.05, 0) is 30.7 Å². The second-order valence-corrected chi connectivity index (χ2v) is 6.64. The molecule has 25 heavy (non-hydrogen) atoms. The molecule has 2 aromatic heterocycles. The van der Waals surface area contributed by atoms with Crippen LogP contribution < -0.4 is 5.32 Å². The van der Waals surface area contributed by atoms with Crippen molar-refractivity contribution < 1.29 is 18.0 Å². The number of nitrogens with one attached hydrogen (secondary N) is 1. The minimum Gasteiger partial charge on any atom is -0.371 e. The highest BCUT2D eigenvalue weighted by Crippen LogP contribution is 2.37. The Hall–Kier alpha value is -2.35. The lowest BCUT2D eigenvalue weighted by atomic mass is 10.0. The first kappa shape index (κ1) is 16.1. The third-order valence-electron chi connectivity index (χ3n) is 4.24. The van der Waals surface area contributed by atoms with E-state index in [0.29, 0.717) is 30.9 Å². The Morgan fingerprint density at radius 3 is 2.60 bits per heavy atom. The summed E-state index contributed by atoms with van der Waals surface area (Å²) >= 11 is 3.28. The summed E-state index contributed by atoms with van der Waals surface area (Å²) in [5.41, 5.74) is 0.0270. The molecule has 1 aliphatic heterocycles. The van der Waals surface area contributed by atoms with Gasteiger partial charge in [-0.2, -0.15) is 13.8 Å². The molecule has 0 spiro atoms. The predicted octanol–water partition coefficient (Wildman–Crippen LogP) is 4.26. The molecule has 128 valence electrons. The summed E-state index contributed by atoms with van der Waals surface area (Å²) in [6.45, 7) is 0.937.